The lowest BCUT2D eigenvalue weighted by molar-refractivity contribution is -0.362. The number of nitrogens with zero attached hydrogens (tertiary/aromatic N) is 1. The summed E-state index contributed by atoms with van der Waals surface area (Å²) in [6.07, 6.45) is -2.46. The highest BCUT2D eigenvalue weighted by atomic mass is 19.4. The molecule has 3 fully saturated rings. The minimum Gasteiger partial charge on any atom is -0.383 e. The van der Waals surface area contributed by atoms with Crippen molar-refractivity contribution in [3.8, 4) is 0 Å². The molecule has 2 N–H and O–H groups in total. The molecule has 5 aliphatic rings. The summed E-state index contributed by atoms with van der Waals surface area (Å²) in [6.45, 7) is 6.01. The van der Waals surface area contributed by atoms with Crippen molar-refractivity contribution in [3.05, 3.63) is 58.2 Å². The maximum atomic E-state index is 15.1. The molecule has 0 bridgehead atoms. The minimum atomic E-state index is -5.84. The fourth-order valence-corrected chi connectivity index (χ4v) is 8.70. The van der Waals surface area contributed by atoms with E-state index in [0.29, 0.717) is 25.7 Å². The Hall–Kier alpha value is -2.10. The normalized spacial score (nSPS) is 35.2. The van der Waals surface area contributed by atoms with E-state index >= 15 is 8.78 Å². The van der Waals surface area contributed by atoms with E-state index in [9.17, 15) is 23.1 Å². The largest absolute Gasteiger partial charge is 0.456 e. The first-order valence-corrected chi connectivity index (χ1v) is 14.5. The number of fused-ring (bicyclic) bond motifs is 4. The van der Waals surface area contributed by atoms with Crippen LogP contribution in [0.15, 0.2) is 47.1 Å². The molecule has 9 heteroatoms. The summed E-state index contributed by atoms with van der Waals surface area (Å²) in [6, 6.07) is 8.03. The molecule has 6 rings (SSSR count). The fourth-order valence-electron chi connectivity index (χ4n) is 8.70. The maximum absolute atomic E-state index is 15.1. The number of piperazine rings is 1. The number of nitrogens with one attached hydrogen (secondary N) is 1. The molecule has 0 spiro atoms. The highest BCUT2D eigenvalue weighted by Crippen LogP contribution is 2.70. The van der Waals surface area contributed by atoms with Gasteiger partial charge in [-0.15, -0.1) is 0 Å². The molecule has 40 heavy (non-hydrogen) atoms. The van der Waals surface area contributed by atoms with Crippen molar-refractivity contribution in [1.29, 1.82) is 0 Å². The summed E-state index contributed by atoms with van der Waals surface area (Å²) in [7, 11) is 0. The van der Waals surface area contributed by atoms with Crippen LogP contribution in [-0.2, 0) is 11.3 Å². The van der Waals surface area contributed by atoms with Crippen LogP contribution in [0.4, 0.5) is 22.0 Å². The van der Waals surface area contributed by atoms with Gasteiger partial charge in [0.25, 0.3) is 0 Å². The SMILES string of the molecule is C[C@]12C[C@H](c3ccc(CN4CCNCC4)cc3)C3=C4CCC(=O)C=C4CCC3C1CC[C@@]2(O)C(F)(F)C(F)(F)F. The second kappa shape index (κ2) is 9.73. The number of alkyl halides is 5. The second-order valence-corrected chi connectivity index (χ2v) is 12.7. The summed E-state index contributed by atoms with van der Waals surface area (Å²) in [5.41, 5.74) is 0.356. The zero-order chi connectivity index (χ0) is 28.5. The third-order valence-corrected chi connectivity index (χ3v) is 10.8. The molecule has 218 valence electrons. The highest BCUT2D eigenvalue weighted by molar-refractivity contribution is 5.93. The molecular formula is C31H37F5N2O2. The van der Waals surface area contributed by atoms with Gasteiger partial charge < -0.3 is 10.4 Å². The van der Waals surface area contributed by atoms with E-state index in [1.165, 1.54) is 6.92 Å². The standard InChI is InChI=1S/C31H37F5N2O2/c1-28-17-25(20-4-2-19(3-5-20)18-38-14-12-37-13-15-38)27-23-9-7-22(39)16-21(23)6-8-24(27)26(28)10-11-29(28,40)30(32,33)31(34,35)36/h2-5,16,24-26,37,40H,6-15,17-18H2,1H3/t24?,25-,26?,28+,29+/m1/s1. The van der Waals surface area contributed by atoms with Gasteiger partial charge in [-0.2, -0.15) is 22.0 Å². The number of carbonyl (C=O) groups is 1. The molecule has 5 atom stereocenters. The Bertz CT molecular complexity index is 1230. The number of aliphatic hydroxyl groups is 1. The lowest BCUT2D eigenvalue weighted by Crippen LogP contribution is -2.65. The predicted molar refractivity (Wildman–Crippen MR) is 141 cm³/mol. The average molecular weight is 565 g/mol. The van der Waals surface area contributed by atoms with Crippen LogP contribution in [0.3, 0.4) is 0 Å². The Kier molecular flexibility index (Phi) is 6.82. The van der Waals surface area contributed by atoms with Crippen molar-refractivity contribution in [1.82, 2.24) is 10.2 Å². The van der Waals surface area contributed by atoms with E-state index < -0.39 is 41.4 Å². The average Bonchev–Trinajstić information content (AvgIpc) is 3.20. The van der Waals surface area contributed by atoms with Crippen LogP contribution >= 0.6 is 0 Å². The number of carbonyl (C=O) groups excluding carboxylic acids is 1. The van der Waals surface area contributed by atoms with E-state index in [2.05, 4.69) is 10.2 Å². The molecule has 1 heterocycles. The quantitative estimate of drug-likeness (QED) is 0.446. The number of hydrogen-bond acceptors (Lipinski definition) is 4. The van der Waals surface area contributed by atoms with E-state index in [1.54, 1.807) is 6.08 Å². The first kappa shape index (κ1) is 28.0. The Balaban J connectivity index is 1.42. The van der Waals surface area contributed by atoms with Crippen molar-refractivity contribution in [2.45, 2.75) is 82.0 Å². The van der Waals surface area contributed by atoms with E-state index in [1.807, 2.05) is 24.3 Å². The Morgan fingerprint density at radius 2 is 1.73 bits per heavy atom. The van der Waals surface area contributed by atoms with Gasteiger partial charge in [0.2, 0.25) is 0 Å². The number of allylic oxidation sites excluding steroid dienone is 4. The number of rotatable bonds is 4. The van der Waals surface area contributed by atoms with Crippen LogP contribution < -0.4 is 5.32 Å². The second-order valence-electron chi connectivity index (χ2n) is 12.7. The van der Waals surface area contributed by atoms with Crippen LogP contribution in [0.5, 0.6) is 0 Å². The molecule has 2 saturated carbocycles. The van der Waals surface area contributed by atoms with E-state index in [-0.39, 0.29) is 24.5 Å². The summed E-state index contributed by atoms with van der Waals surface area (Å²) in [5.74, 6) is -6.24. The predicted octanol–water partition coefficient (Wildman–Crippen LogP) is 5.92. The topological polar surface area (TPSA) is 52.6 Å². The van der Waals surface area contributed by atoms with Gasteiger partial charge in [-0.05, 0) is 78.7 Å². The molecule has 0 amide bonds. The maximum Gasteiger partial charge on any atom is 0.456 e. The Morgan fingerprint density at radius 1 is 1.02 bits per heavy atom. The van der Waals surface area contributed by atoms with Gasteiger partial charge in [-0.3, -0.25) is 9.69 Å². The Morgan fingerprint density at radius 3 is 2.40 bits per heavy atom. The number of halogens is 5. The molecule has 2 unspecified atom stereocenters. The van der Waals surface area contributed by atoms with Crippen LogP contribution in [0.2, 0.25) is 0 Å². The van der Waals surface area contributed by atoms with Gasteiger partial charge in [0.1, 0.15) is 5.60 Å². The van der Waals surface area contributed by atoms with Gasteiger partial charge in [0, 0.05) is 50.5 Å². The summed E-state index contributed by atoms with van der Waals surface area (Å²) in [5, 5.41) is 14.7. The third-order valence-electron chi connectivity index (χ3n) is 10.8. The van der Waals surface area contributed by atoms with Crippen LogP contribution in [0, 0.1) is 17.3 Å². The van der Waals surface area contributed by atoms with Crippen molar-refractivity contribution < 1.29 is 31.9 Å². The van der Waals surface area contributed by atoms with Crippen LogP contribution in [-0.4, -0.2) is 59.7 Å². The summed E-state index contributed by atoms with van der Waals surface area (Å²) in [4.78, 5) is 14.6. The Labute approximate surface area is 231 Å². The third kappa shape index (κ3) is 4.21. The molecule has 4 aliphatic carbocycles. The minimum absolute atomic E-state index is 0.00748. The van der Waals surface area contributed by atoms with E-state index in [0.717, 1.165) is 60.6 Å². The fraction of sp³-hybridized carbons (Fsp3) is 0.645. The first-order chi connectivity index (χ1) is 18.9. The van der Waals surface area contributed by atoms with Crippen molar-refractivity contribution >= 4 is 5.78 Å². The molecule has 0 aromatic heterocycles. The molecule has 1 aromatic rings. The highest BCUT2D eigenvalue weighted by Gasteiger charge is 2.79. The lowest BCUT2D eigenvalue weighted by Gasteiger charge is -2.56. The van der Waals surface area contributed by atoms with Gasteiger partial charge in [-0.1, -0.05) is 36.8 Å². The summed E-state index contributed by atoms with van der Waals surface area (Å²) >= 11 is 0. The smallest absolute Gasteiger partial charge is 0.383 e. The monoisotopic (exact) mass is 564 g/mol. The van der Waals surface area contributed by atoms with Gasteiger partial charge in [0.15, 0.2) is 5.78 Å². The lowest BCUT2D eigenvalue weighted by atomic mass is 9.50. The molecule has 1 aromatic carbocycles. The van der Waals surface area contributed by atoms with Crippen molar-refractivity contribution in [2.75, 3.05) is 26.2 Å². The zero-order valence-electron chi connectivity index (χ0n) is 22.8. The summed E-state index contributed by atoms with van der Waals surface area (Å²) < 4.78 is 71.5. The van der Waals surface area contributed by atoms with Crippen LogP contribution in [0.1, 0.15) is 68.9 Å². The van der Waals surface area contributed by atoms with Gasteiger partial charge in [0.05, 0.1) is 0 Å². The zero-order valence-corrected chi connectivity index (χ0v) is 22.8. The number of ketones is 1. The molecular weight excluding hydrogens is 527 g/mol. The molecule has 0 radical (unpaired) electrons. The molecule has 1 aliphatic heterocycles. The molecule has 1 saturated heterocycles. The molecule has 4 nitrogen and oxygen atoms in total. The number of hydrogen-bond donors (Lipinski definition) is 2. The van der Waals surface area contributed by atoms with Crippen LogP contribution in [0.25, 0.3) is 0 Å². The van der Waals surface area contributed by atoms with E-state index in [4.69, 9.17) is 0 Å². The van der Waals surface area contributed by atoms with Crippen molar-refractivity contribution in [2.24, 2.45) is 17.3 Å². The first-order valence-electron chi connectivity index (χ1n) is 14.5. The van der Waals surface area contributed by atoms with Crippen molar-refractivity contribution in [3.63, 3.8) is 0 Å². The van der Waals surface area contributed by atoms with Gasteiger partial charge >= 0.3 is 12.1 Å². The van der Waals surface area contributed by atoms with Gasteiger partial charge in [-0.25, -0.2) is 0 Å². The number of benzene rings is 1.